The summed E-state index contributed by atoms with van der Waals surface area (Å²) in [6.45, 7) is 6.64. The third-order valence-electron chi connectivity index (χ3n) is 4.30. The Labute approximate surface area is 170 Å². The summed E-state index contributed by atoms with van der Waals surface area (Å²) < 4.78 is 11.1. The average molecular weight is 397 g/mol. The van der Waals surface area contributed by atoms with Crippen molar-refractivity contribution in [3.05, 3.63) is 58.8 Å². The number of rotatable bonds is 6. The van der Waals surface area contributed by atoms with Crippen molar-refractivity contribution in [3.63, 3.8) is 0 Å². The van der Waals surface area contributed by atoms with Crippen LogP contribution in [0.3, 0.4) is 0 Å². The second-order valence-electron chi connectivity index (χ2n) is 6.73. The number of nitrogens with zero attached hydrogens (tertiary/aromatic N) is 1. The first-order chi connectivity index (χ1) is 13.4. The van der Waals surface area contributed by atoms with Crippen LogP contribution in [0.4, 0.5) is 5.69 Å². The van der Waals surface area contributed by atoms with Gasteiger partial charge in [-0.2, -0.15) is 0 Å². The zero-order valence-electron chi connectivity index (χ0n) is 16.5. The van der Waals surface area contributed by atoms with Crippen molar-refractivity contribution in [2.75, 3.05) is 18.6 Å². The maximum Gasteiger partial charge on any atom is 0.281 e. The molecule has 2 aromatic rings. The lowest BCUT2D eigenvalue weighted by molar-refractivity contribution is -0.113. The van der Waals surface area contributed by atoms with E-state index in [1.165, 1.54) is 4.90 Å². The molecule has 0 bridgehead atoms. The number of nitrogens with one attached hydrogen (secondary N) is 1. The van der Waals surface area contributed by atoms with E-state index in [4.69, 9.17) is 21.7 Å². The van der Waals surface area contributed by atoms with Crippen molar-refractivity contribution in [1.29, 1.82) is 0 Å². The van der Waals surface area contributed by atoms with Crippen molar-refractivity contribution >= 4 is 35.0 Å². The van der Waals surface area contributed by atoms with Gasteiger partial charge < -0.3 is 14.8 Å². The molecule has 0 spiro atoms. The Bertz CT molecular complexity index is 933. The highest BCUT2D eigenvalue weighted by Gasteiger charge is 2.32. The first-order valence-corrected chi connectivity index (χ1v) is 9.60. The summed E-state index contributed by atoms with van der Waals surface area (Å²) >= 11 is 5.41. The molecule has 1 aliphatic heterocycles. The molecule has 0 aliphatic carbocycles. The van der Waals surface area contributed by atoms with Gasteiger partial charge in [-0.15, -0.1) is 0 Å². The molecule has 146 valence electrons. The molecule has 1 heterocycles. The molecule has 28 heavy (non-hydrogen) atoms. The van der Waals surface area contributed by atoms with Crippen molar-refractivity contribution < 1.29 is 14.3 Å². The number of benzene rings is 2. The highest BCUT2D eigenvalue weighted by atomic mass is 32.1. The Morgan fingerprint density at radius 2 is 1.82 bits per heavy atom. The summed E-state index contributed by atoms with van der Waals surface area (Å²) in [5, 5.41) is 3.40. The molecule has 1 fully saturated rings. The van der Waals surface area contributed by atoms with Crippen LogP contribution in [0, 0.1) is 13.8 Å². The lowest BCUT2D eigenvalue weighted by Gasteiger charge is -2.15. The van der Waals surface area contributed by atoms with Gasteiger partial charge in [-0.05, 0) is 79.5 Å². The number of aryl methyl sites for hydroxylation is 2. The van der Waals surface area contributed by atoms with E-state index in [1.807, 2.05) is 51.1 Å². The van der Waals surface area contributed by atoms with Gasteiger partial charge in [0.2, 0.25) is 0 Å². The second-order valence-corrected chi connectivity index (χ2v) is 7.12. The molecular formula is C22H24N2O3S. The fourth-order valence-corrected chi connectivity index (χ4v) is 3.42. The molecular weight excluding hydrogens is 372 g/mol. The summed E-state index contributed by atoms with van der Waals surface area (Å²) in [7, 11) is 1.61. The molecule has 6 heteroatoms. The van der Waals surface area contributed by atoms with E-state index in [1.54, 1.807) is 13.2 Å². The molecule has 0 unspecified atom stereocenters. The topological polar surface area (TPSA) is 50.8 Å². The highest BCUT2D eigenvalue weighted by molar-refractivity contribution is 7.80. The largest absolute Gasteiger partial charge is 0.493 e. The maximum atomic E-state index is 13.0. The van der Waals surface area contributed by atoms with E-state index < -0.39 is 0 Å². The lowest BCUT2D eigenvalue weighted by Crippen LogP contribution is -2.30. The molecule has 0 aromatic heterocycles. The van der Waals surface area contributed by atoms with Gasteiger partial charge in [0.25, 0.3) is 5.91 Å². The first kappa shape index (κ1) is 19.9. The maximum absolute atomic E-state index is 13.0. The molecule has 5 nitrogen and oxygen atoms in total. The molecule has 1 amide bonds. The van der Waals surface area contributed by atoms with Crippen LogP contribution in [-0.2, 0) is 4.79 Å². The van der Waals surface area contributed by atoms with E-state index in [9.17, 15) is 4.79 Å². The summed E-state index contributed by atoms with van der Waals surface area (Å²) in [4.78, 5) is 14.5. The van der Waals surface area contributed by atoms with E-state index in [2.05, 4.69) is 11.4 Å². The van der Waals surface area contributed by atoms with Gasteiger partial charge >= 0.3 is 0 Å². The molecule has 0 radical (unpaired) electrons. The van der Waals surface area contributed by atoms with Crippen LogP contribution in [0.2, 0.25) is 0 Å². The van der Waals surface area contributed by atoms with Crippen LogP contribution in [-0.4, -0.2) is 24.7 Å². The number of methoxy groups -OCH3 is 1. The monoisotopic (exact) mass is 396 g/mol. The van der Waals surface area contributed by atoms with Crippen LogP contribution in [0.5, 0.6) is 11.5 Å². The SMILES string of the molecule is CCCOc1cc(/C=C2\NC(=S)N(c3cc(C)cc(C)c3)C2=O)ccc1OC. The standard InChI is InChI=1S/C22H24N2O3S/c1-5-8-27-20-13-16(6-7-19(20)26-4)12-18-21(25)24(22(28)23-18)17-10-14(2)9-15(3)11-17/h6-7,9-13H,5,8H2,1-4H3,(H,23,28)/b18-12-. The number of hydrogen-bond donors (Lipinski definition) is 1. The quantitative estimate of drug-likeness (QED) is 0.581. The van der Waals surface area contributed by atoms with Crippen molar-refractivity contribution in [2.24, 2.45) is 0 Å². The normalized spacial score (nSPS) is 15.1. The minimum atomic E-state index is -0.179. The van der Waals surface area contributed by atoms with Gasteiger partial charge in [0, 0.05) is 0 Å². The van der Waals surface area contributed by atoms with E-state index in [0.29, 0.717) is 28.9 Å². The Kier molecular flexibility index (Phi) is 5.99. The zero-order valence-corrected chi connectivity index (χ0v) is 17.4. The van der Waals surface area contributed by atoms with E-state index in [0.717, 1.165) is 28.8 Å². The predicted octanol–water partition coefficient (Wildman–Crippen LogP) is 4.36. The predicted molar refractivity (Wildman–Crippen MR) is 116 cm³/mol. The van der Waals surface area contributed by atoms with Gasteiger partial charge in [0.15, 0.2) is 16.6 Å². The Hall–Kier alpha value is -2.86. The second kappa shape index (κ2) is 8.44. The first-order valence-electron chi connectivity index (χ1n) is 9.19. The molecule has 0 atom stereocenters. The smallest absolute Gasteiger partial charge is 0.281 e. The Morgan fingerprint density at radius 1 is 1.11 bits per heavy atom. The summed E-state index contributed by atoms with van der Waals surface area (Å²) in [5.41, 5.74) is 4.18. The Balaban J connectivity index is 1.91. The van der Waals surface area contributed by atoms with Crippen LogP contribution >= 0.6 is 12.2 Å². The van der Waals surface area contributed by atoms with E-state index in [-0.39, 0.29) is 5.91 Å². The average Bonchev–Trinajstić information content (AvgIpc) is 2.92. The van der Waals surface area contributed by atoms with Gasteiger partial charge in [0.05, 0.1) is 19.4 Å². The van der Waals surface area contributed by atoms with Gasteiger partial charge in [0.1, 0.15) is 5.70 Å². The molecule has 3 rings (SSSR count). The number of anilines is 1. The number of ether oxygens (including phenoxy) is 2. The fourth-order valence-electron chi connectivity index (χ4n) is 3.12. The van der Waals surface area contributed by atoms with Crippen LogP contribution in [0.15, 0.2) is 42.1 Å². The van der Waals surface area contributed by atoms with Crippen molar-refractivity contribution in [2.45, 2.75) is 27.2 Å². The van der Waals surface area contributed by atoms with Crippen molar-refractivity contribution in [1.82, 2.24) is 5.32 Å². The van der Waals surface area contributed by atoms with Crippen LogP contribution in [0.25, 0.3) is 6.08 Å². The van der Waals surface area contributed by atoms with Crippen LogP contribution in [0.1, 0.15) is 30.0 Å². The summed E-state index contributed by atoms with van der Waals surface area (Å²) in [6, 6.07) is 11.5. The Morgan fingerprint density at radius 3 is 2.46 bits per heavy atom. The fraction of sp³-hybridized carbons (Fsp3) is 0.273. The molecule has 0 saturated carbocycles. The highest BCUT2D eigenvalue weighted by Crippen LogP contribution is 2.30. The van der Waals surface area contributed by atoms with Gasteiger partial charge in [-0.3, -0.25) is 9.69 Å². The zero-order chi connectivity index (χ0) is 20.3. The number of carbonyl (C=O) groups is 1. The molecule has 1 N–H and O–H groups in total. The molecule has 1 saturated heterocycles. The number of carbonyl (C=O) groups excluding carboxylic acids is 1. The summed E-state index contributed by atoms with van der Waals surface area (Å²) in [6.07, 6.45) is 2.67. The van der Waals surface area contributed by atoms with Gasteiger partial charge in [-0.1, -0.05) is 19.1 Å². The summed E-state index contributed by atoms with van der Waals surface area (Å²) in [5.74, 6) is 1.13. The molecule has 2 aromatic carbocycles. The minimum absolute atomic E-state index is 0.179. The third kappa shape index (κ3) is 4.17. The van der Waals surface area contributed by atoms with Gasteiger partial charge in [-0.25, -0.2) is 0 Å². The van der Waals surface area contributed by atoms with Crippen molar-refractivity contribution in [3.8, 4) is 11.5 Å². The van der Waals surface area contributed by atoms with E-state index >= 15 is 0 Å². The van der Waals surface area contributed by atoms with Crippen LogP contribution < -0.4 is 19.7 Å². The minimum Gasteiger partial charge on any atom is -0.493 e. The molecule has 1 aliphatic rings. The third-order valence-corrected chi connectivity index (χ3v) is 4.59. The number of thiocarbonyl (C=S) groups is 1. The number of amides is 1. The lowest BCUT2D eigenvalue weighted by atomic mass is 10.1. The number of hydrogen-bond acceptors (Lipinski definition) is 4.